The summed E-state index contributed by atoms with van der Waals surface area (Å²) >= 11 is 3.36. The third kappa shape index (κ3) is 4.23. The number of anilines is 2. The molecular formula is C19H21BrN2O2. The number of carbonyl (C=O) groups excluding carboxylic acids is 2. The lowest BCUT2D eigenvalue weighted by atomic mass is 9.90. The van der Waals surface area contributed by atoms with Crippen LogP contribution < -0.4 is 10.6 Å². The van der Waals surface area contributed by atoms with Crippen LogP contribution in [0.5, 0.6) is 0 Å². The zero-order chi connectivity index (χ0) is 17.9. The lowest BCUT2D eigenvalue weighted by molar-refractivity contribution is -0.135. The standard InChI is InChI=1S/C19H21BrN2O2/c1-12-8-9-13(2)16(10-12)22-18(24)19(3,4)17(23)21-15-7-5-6-14(20)11-15/h5-11H,1-4H3,(H,21,23)(H,22,24). The molecule has 126 valence electrons. The van der Waals surface area contributed by atoms with Crippen LogP contribution in [0.25, 0.3) is 0 Å². The molecule has 2 rings (SSSR count). The minimum Gasteiger partial charge on any atom is -0.325 e. The first-order chi connectivity index (χ1) is 11.2. The van der Waals surface area contributed by atoms with Crippen LogP contribution in [0.15, 0.2) is 46.9 Å². The van der Waals surface area contributed by atoms with E-state index in [1.165, 1.54) is 0 Å². The van der Waals surface area contributed by atoms with Gasteiger partial charge in [-0.15, -0.1) is 0 Å². The second-order valence-corrected chi connectivity index (χ2v) is 7.28. The topological polar surface area (TPSA) is 58.2 Å². The zero-order valence-electron chi connectivity index (χ0n) is 14.2. The molecule has 0 bridgehead atoms. The molecule has 0 saturated heterocycles. The summed E-state index contributed by atoms with van der Waals surface area (Å²) in [6, 6.07) is 13.1. The summed E-state index contributed by atoms with van der Waals surface area (Å²) in [5.74, 6) is -0.702. The summed E-state index contributed by atoms with van der Waals surface area (Å²) in [7, 11) is 0. The number of carbonyl (C=O) groups is 2. The molecular weight excluding hydrogens is 368 g/mol. The van der Waals surface area contributed by atoms with Crippen LogP contribution in [-0.4, -0.2) is 11.8 Å². The van der Waals surface area contributed by atoms with Gasteiger partial charge in [-0.2, -0.15) is 0 Å². The van der Waals surface area contributed by atoms with Crippen molar-refractivity contribution >= 4 is 39.1 Å². The van der Waals surface area contributed by atoms with Crippen molar-refractivity contribution in [1.82, 2.24) is 0 Å². The molecule has 0 atom stereocenters. The number of hydrogen-bond acceptors (Lipinski definition) is 2. The van der Waals surface area contributed by atoms with E-state index in [-0.39, 0.29) is 11.8 Å². The highest BCUT2D eigenvalue weighted by Crippen LogP contribution is 2.24. The van der Waals surface area contributed by atoms with Crippen LogP contribution in [0.4, 0.5) is 11.4 Å². The van der Waals surface area contributed by atoms with Gasteiger partial charge in [-0.05, 0) is 63.1 Å². The molecule has 0 aliphatic heterocycles. The number of benzene rings is 2. The van der Waals surface area contributed by atoms with Crippen molar-refractivity contribution in [3.8, 4) is 0 Å². The quantitative estimate of drug-likeness (QED) is 0.747. The molecule has 0 aliphatic carbocycles. The second kappa shape index (κ2) is 7.18. The van der Waals surface area contributed by atoms with Gasteiger partial charge in [0.05, 0.1) is 0 Å². The average Bonchev–Trinajstić information content (AvgIpc) is 2.50. The predicted octanol–water partition coefficient (Wildman–Crippen LogP) is 4.67. The zero-order valence-corrected chi connectivity index (χ0v) is 15.8. The lowest BCUT2D eigenvalue weighted by Crippen LogP contribution is -2.41. The fraction of sp³-hybridized carbons (Fsp3) is 0.263. The molecule has 2 aromatic carbocycles. The molecule has 0 aromatic heterocycles. The van der Waals surface area contributed by atoms with Crippen molar-refractivity contribution in [3.63, 3.8) is 0 Å². The van der Waals surface area contributed by atoms with Gasteiger partial charge in [0.25, 0.3) is 0 Å². The largest absolute Gasteiger partial charge is 0.325 e. The Morgan fingerprint density at radius 3 is 2.29 bits per heavy atom. The number of nitrogens with one attached hydrogen (secondary N) is 2. The Hall–Kier alpha value is -2.14. The maximum atomic E-state index is 12.6. The molecule has 2 amide bonds. The minimum absolute atomic E-state index is 0.344. The second-order valence-electron chi connectivity index (χ2n) is 6.36. The lowest BCUT2D eigenvalue weighted by Gasteiger charge is -2.23. The van der Waals surface area contributed by atoms with Gasteiger partial charge in [-0.25, -0.2) is 0 Å². The van der Waals surface area contributed by atoms with Gasteiger partial charge in [0.2, 0.25) is 11.8 Å². The smallest absolute Gasteiger partial charge is 0.239 e. The van der Waals surface area contributed by atoms with Crippen LogP contribution in [0.1, 0.15) is 25.0 Å². The molecule has 0 radical (unpaired) electrons. The molecule has 24 heavy (non-hydrogen) atoms. The molecule has 0 saturated carbocycles. The summed E-state index contributed by atoms with van der Waals surface area (Å²) in [6.07, 6.45) is 0. The predicted molar refractivity (Wildman–Crippen MR) is 101 cm³/mol. The van der Waals surface area contributed by atoms with E-state index in [0.717, 1.165) is 21.3 Å². The van der Waals surface area contributed by atoms with Crippen molar-refractivity contribution in [3.05, 3.63) is 58.1 Å². The fourth-order valence-corrected chi connectivity index (χ4v) is 2.51. The average molecular weight is 389 g/mol. The molecule has 0 aliphatic rings. The SMILES string of the molecule is Cc1ccc(C)c(NC(=O)C(C)(C)C(=O)Nc2cccc(Br)c2)c1. The van der Waals surface area contributed by atoms with Gasteiger partial charge in [0.15, 0.2) is 0 Å². The summed E-state index contributed by atoms with van der Waals surface area (Å²) < 4.78 is 0.859. The molecule has 5 heteroatoms. The molecule has 2 N–H and O–H groups in total. The molecule has 0 heterocycles. The summed E-state index contributed by atoms with van der Waals surface area (Å²) in [6.45, 7) is 7.10. The van der Waals surface area contributed by atoms with Gasteiger partial charge in [0, 0.05) is 15.8 Å². The fourth-order valence-electron chi connectivity index (χ4n) is 2.11. The molecule has 0 fully saturated rings. The molecule has 4 nitrogen and oxygen atoms in total. The Labute approximate surface area is 150 Å². The van der Waals surface area contributed by atoms with Gasteiger partial charge in [-0.1, -0.05) is 34.1 Å². The number of rotatable bonds is 4. The number of aryl methyl sites for hydroxylation is 2. The van der Waals surface area contributed by atoms with Crippen LogP contribution in [0, 0.1) is 19.3 Å². The first-order valence-corrected chi connectivity index (χ1v) is 8.45. The highest BCUT2D eigenvalue weighted by Gasteiger charge is 2.36. The maximum absolute atomic E-state index is 12.6. The Balaban J connectivity index is 2.14. The van der Waals surface area contributed by atoms with E-state index in [0.29, 0.717) is 5.69 Å². The first-order valence-electron chi connectivity index (χ1n) is 7.66. The van der Waals surface area contributed by atoms with Crippen LogP contribution in [0.3, 0.4) is 0 Å². The van der Waals surface area contributed by atoms with E-state index >= 15 is 0 Å². The first kappa shape index (κ1) is 18.2. The normalized spacial score (nSPS) is 11.0. The summed E-state index contributed by atoms with van der Waals surface area (Å²) in [4.78, 5) is 25.2. The highest BCUT2D eigenvalue weighted by molar-refractivity contribution is 9.10. The summed E-state index contributed by atoms with van der Waals surface area (Å²) in [5, 5.41) is 5.65. The van der Waals surface area contributed by atoms with Crippen LogP contribution >= 0.6 is 15.9 Å². The van der Waals surface area contributed by atoms with Crippen molar-refractivity contribution in [2.75, 3.05) is 10.6 Å². The molecule has 2 aromatic rings. The third-order valence-electron chi connectivity index (χ3n) is 3.86. The Bertz CT molecular complexity index is 785. The molecule has 0 unspecified atom stereocenters. The Morgan fingerprint density at radius 1 is 0.958 bits per heavy atom. The van der Waals surface area contributed by atoms with Crippen molar-refractivity contribution < 1.29 is 9.59 Å². The number of amides is 2. The van der Waals surface area contributed by atoms with Gasteiger partial charge in [-0.3, -0.25) is 9.59 Å². The molecule has 0 spiro atoms. The Morgan fingerprint density at radius 2 is 1.62 bits per heavy atom. The van der Waals surface area contributed by atoms with Gasteiger partial charge < -0.3 is 10.6 Å². The van der Waals surface area contributed by atoms with Crippen molar-refractivity contribution in [2.24, 2.45) is 5.41 Å². The van der Waals surface area contributed by atoms with Crippen LogP contribution in [0.2, 0.25) is 0 Å². The highest BCUT2D eigenvalue weighted by atomic mass is 79.9. The minimum atomic E-state index is -1.21. The van der Waals surface area contributed by atoms with E-state index in [9.17, 15) is 9.59 Å². The Kier molecular flexibility index (Phi) is 5.44. The van der Waals surface area contributed by atoms with Gasteiger partial charge in [0.1, 0.15) is 5.41 Å². The monoisotopic (exact) mass is 388 g/mol. The van der Waals surface area contributed by atoms with E-state index in [4.69, 9.17) is 0 Å². The van der Waals surface area contributed by atoms with Crippen molar-refractivity contribution in [2.45, 2.75) is 27.7 Å². The maximum Gasteiger partial charge on any atom is 0.239 e. The van der Waals surface area contributed by atoms with Gasteiger partial charge >= 0.3 is 0 Å². The van der Waals surface area contributed by atoms with E-state index in [2.05, 4.69) is 26.6 Å². The summed E-state index contributed by atoms with van der Waals surface area (Å²) in [5.41, 5.74) is 2.16. The number of halogens is 1. The van der Waals surface area contributed by atoms with E-state index < -0.39 is 5.41 Å². The number of hydrogen-bond donors (Lipinski definition) is 2. The van der Waals surface area contributed by atoms with Crippen molar-refractivity contribution in [1.29, 1.82) is 0 Å². The van der Waals surface area contributed by atoms with E-state index in [1.807, 2.05) is 44.2 Å². The third-order valence-corrected chi connectivity index (χ3v) is 4.35. The van der Waals surface area contributed by atoms with Crippen LogP contribution in [-0.2, 0) is 9.59 Å². The van der Waals surface area contributed by atoms with E-state index in [1.54, 1.807) is 26.0 Å².